The summed E-state index contributed by atoms with van der Waals surface area (Å²) >= 11 is 6.13. The van der Waals surface area contributed by atoms with Gasteiger partial charge in [-0.3, -0.25) is 13.9 Å². The van der Waals surface area contributed by atoms with Gasteiger partial charge in [0.05, 0.1) is 16.1 Å². The molecule has 0 unspecified atom stereocenters. The molecule has 0 radical (unpaired) electrons. The average molecular weight is 712 g/mol. The fourth-order valence-electron chi connectivity index (χ4n) is 5.97. The van der Waals surface area contributed by atoms with Crippen LogP contribution in [0.4, 0.5) is 18.9 Å². The van der Waals surface area contributed by atoms with E-state index >= 15 is 0 Å². The van der Waals surface area contributed by atoms with E-state index in [0.29, 0.717) is 21.0 Å². The molecule has 0 spiro atoms. The molecule has 258 valence electrons. The van der Waals surface area contributed by atoms with Crippen molar-refractivity contribution in [1.82, 2.24) is 10.2 Å². The molecule has 0 heterocycles. The number of amides is 2. The van der Waals surface area contributed by atoms with E-state index < -0.39 is 46.2 Å². The van der Waals surface area contributed by atoms with Crippen LogP contribution in [0.2, 0.25) is 5.02 Å². The summed E-state index contributed by atoms with van der Waals surface area (Å²) in [6.07, 6.45) is -0.0477. The minimum atomic E-state index is -4.76. The number of alkyl halides is 3. The van der Waals surface area contributed by atoms with Crippen molar-refractivity contribution in [3.63, 3.8) is 0 Å². The highest BCUT2D eigenvalue weighted by molar-refractivity contribution is 7.92. The van der Waals surface area contributed by atoms with Gasteiger partial charge in [0.2, 0.25) is 11.8 Å². The van der Waals surface area contributed by atoms with Crippen molar-refractivity contribution in [2.45, 2.75) is 68.2 Å². The number of carbonyl (C=O) groups excluding carboxylic acids is 2. The molecule has 0 saturated heterocycles. The van der Waals surface area contributed by atoms with Crippen LogP contribution in [0.15, 0.2) is 114 Å². The van der Waals surface area contributed by atoms with Crippen molar-refractivity contribution in [3.8, 4) is 0 Å². The monoisotopic (exact) mass is 711 g/mol. The Balaban J connectivity index is 1.58. The Kier molecular flexibility index (Phi) is 11.7. The molecule has 1 atom stereocenters. The summed E-state index contributed by atoms with van der Waals surface area (Å²) in [5, 5.41) is 3.58. The molecule has 0 bridgehead atoms. The summed E-state index contributed by atoms with van der Waals surface area (Å²) in [6.45, 7) is -0.957. The molecule has 1 aliphatic rings. The van der Waals surface area contributed by atoms with E-state index in [4.69, 9.17) is 11.6 Å². The summed E-state index contributed by atoms with van der Waals surface area (Å²) in [7, 11) is -4.55. The third kappa shape index (κ3) is 9.42. The number of halogens is 4. The van der Waals surface area contributed by atoms with Gasteiger partial charge in [0.1, 0.15) is 12.6 Å². The molecular formula is C37H37ClF3N3O4S. The number of rotatable bonds is 12. The average Bonchev–Trinajstić information content (AvgIpc) is 3.10. The normalized spacial score (nSPS) is 14.5. The van der Waals surface area contributed by atoms with Gasteiger partial charge in [-0.1, -0.05) is 97.6 Å². The summed E-state index contributed by atoms with van der Waals surface area (Å²) in [4.78, 5) is 29.8. The van der Waals surface area contributed by atoms with Crippen LogP contribution in [0.25, 0.3) is 0 Å². The highest BCUT2D eigenvalue weighted by Gasteiger charge is 2.37. The van der Waals surface area contributed by atoms with Crippen LogP contribution in [0, 0.1) is 0 Å². The van der Waals surface area contributed by atoms with E-state index in [1.807, 2.05) is 30.3 Å². The van der Waals surface area contributed by atoms with Gasteiger partial charge in [-0.05, 0) is 66.4 Å². The summed E-state index contributed by atoms with van der Waals surface area (Å²) < 4.78 is 70.3. The van der Waals surface area contributed by atoms with Crippen molar-refractivity contribution in [2.24, 2.45) is 0 Å². The van der Waals surface area contributed by atoms with Crippen LogP contribution in [0.1, 0.15) is 48.8 Å². The minimum Gasteiger partial charge on any atom is -0.352 e. The number of hydrogen-bond acceptors (Lipinski definition) is 4. The Bertz CT molecular complexity index is 1820. The summed E-state index contributed by atoms with van der Waals surface area (Å²) in [5.74, 6) is -1.17. The smallest absolute Gasteiger partial charge is 0.352 e. The molecule has 0 aliphatic heterocycles. The van der Waals surface area contributed by atoms with E-state index in [1.54, 1.807) is 30.3 Å². The van der Waals surface area contributed by atoms with Gasteiger partial charge in [0, 0.05) is 24.0 Å². The van der Waals surface area contributed by atoms with Crippen molar-refractivity contribution in [2.75, 3.05) is 10.8 Å². The maximum atomic E-state index is 14.6. The first-order valence-corrected chi connectivity index (χ1v) is 17.9. The molecule has 1 saturated carbocycles. The number of hydrogen-bond donors (Lipinski definition) is 1. The van der Waals surface area contributed by atoms with Gasteiger partial charge in [0.25, 0.3) is 10.0 Å². The molecule has 4 aromatic carbocycles. The second kappa shape index (κ2) is 15.9. The highest BCUT2D eigenvalue weighted by Crippen LogP contribution is 2.33. The molecule has 1 fully saturated rings. The van der Waals surface area contributed by atoms with Crippen LogP contribution in [0.3, 0.4) is 0 Å². The predicted octanol–water partition coefficient (Wildman–Crippen LogP) is 7.64. The van der Waals surface area contributed by atoms with Gasteiger partial charge in [-0.2, -0.15) is 13.2 Å². The second-order valence-electron chi connectivity index (χ2n) is 12.1. The Morgan fingerprint density at radius 2 is 1.45 bits per heavy atom. The van der Waals surface area contributed by atoms with Gasteiger partial charge in [-0.25, -0.2) is 8.42 Å². The lowest BCUT2D eigenvalue weighted by atomic mass is 9.94. The standard InChI is InChI=1S/C37H37ClF3N3O4S/c38-30-21-19-28(20-22-30)25-43(34(23-27-11-4-1-5-12-27)36(46)42-31-14-6-2-7-15-31)35(45)26-44(49(47,48)33-17-8-3-9-18-33)32-16-10-13-29(24-32)37(39,40)41/h1,3-5,8-13,16-22,24,31,34H,2,6-7,14-15,23,25-26H2,(H,42,46)/t34-/m1/s1. The van der Waals surface area contributed by atoms with E-state index in [0.717, 1.165) is 49.8 Å². The number of carbonyl (C=O) groups is 2. The topological polar surface area (TPSA) is 86.8 Å². The zero-order chi connectivity index (χ0) is 35.0. The van der Waals surface area contributed by atoms with E-state index in [1.165, 1.54) is 35.2 Å². The number of sulfonamides is 1. The molecule has 2 amide bonds. The molecule has 7 nitrogen and oxygen atoms in total. The van der Waals surface area contributed by atoms with E-state index in [-0.39, 0.29) is 29.6 Å². The molecule has 1 aliphatic carbocycles. The Morgan fingerprint density at radius 1 is 0.816 bits per heavy atom. The maximum absolute atomic E-state index is 14.6. The zero-order valence-electron chi connectivity index (χ0n) is 26.7. The third-order valence-electron chi connectivity index (χ3n) is 8.56. The lowest BCUT2D eigenvalue weighted by molar-refractivity contribution is -0.140. The van der Waals surface area contributed by atoms with Crippen molar-refractivity contribution in [3.05, 3.63) is 131 Å². The fourth-order valence-corrected chi connectivity index (χ4v) is 7.52. The van der Waals surface area contributed by atoms with Gasteiger partial charge >= 0.3 is 6.18 Å². The largest absolute Gasteiger partial charge is 0.416 e. The molecule has 49 heavy (non-hydrogen) atoms. The van der Waals surface area contributed by atoms with Gasteiger partial charge < -0.3 is 10.2 Å². The Morgan fingerprint density at radius 3 is 2.08 bits per heavy atom. The van der Waals surface area contributed by atoms with E-state index in [2.05, 4.69) is 5.32 Å². The van der Waals surface area contributed by atoms with Crippen molar-refractivity contribution < 1.29 is 31.2 Å². The van der Waals surface area contributed by atoms with Crippen LogP contribution >= 0.6 is 11.6 Å². The van der Waals surface area contributed by atoms with Crippen molar-refractivity contribution in [1.29, 1.82) is 0 Å². The second-order valence-corrected chi connectivity index (χ2v) is 14.4. The van der Waals surface area contributed by atoms with Gasteiger partial charge in [-0.15, -0.1) is 0 Å². The number of benzene rings is 4. The van der Waals surface area contributed by atoms with Gasteiger partial charge in [0.15, 0.2) is 0 Å². The Hall–Kier alpha value is -4.35. The van der Waals surface area contributed by atoms with Crippen molar-refractivity contribution >= 4 is 39.1 Å². The van der Waals surface area contributed by atoms with Crippen LogP contribution in [-0.4, -0.2) is 43.8 Å². The molecule has 4 aromatic rings. The van der Waals surface area contributed by atoms with E-state index in [9.17, 15) is 31.2 Å². The van der Waals surface area contributed by atoms with Crippen LogP contribution in [0.5, 0.6) is 0 Å². The lowest BCUT2D eigenvalue weighted by Gasteiger charge is -2.35. The SMILES string of the molecule is O=C(NC1CCCCC1)[C@@H](Cc1ccccc1)N(Cc1ccc(Cl)cc1)C(=O)CN(c1cccc(C(F)(F)F)c1)S(=O)(=O)c1ccccc1. The van der Waals surface area contributed by atoms with Crippen LogP contribution < -0.4 is 9.62 Å². The number of nitrogens with one attached hydrogen (secondary N) is 1. The molecular weight excluding hydrogens is 675 g/mol. The highest BCUT2D eigenvalue weighted by atomic mass is 35.5. The summed E-state index contributed by atoms with van der Waals surface area (Å²) in [5.41, 5.74) is -0.0214. The quantitative estimate of drug-likeness (QED) is 0.164. The fraction of sp³-hybridized carbons (Fsp3) is 0.297. The number of nitrogens with zero attached hydrogens (tertiary/aromatic N) is 2. The number of anilines is 1. The molecule has 12 heteroatoms. The third-order valence-corrected chi connectivity index (χ3v) is 10.6. The molecule has 0 aromatic heterocycles. The molecule has 5 rings (SSSR count). The summed E-state index contributed by atoms with van der Waals surface area (Å²) in [6, 6.07) is 25.7. The lowest BCUT2D eigenvalue weighted by Crippen LogP contribution is -2.55. The molecule has 1 N–H and O–H groups in total. The predicted molar refractivity (Wildman–Crippen MR) is 183 cm³/mol. The first-order chi connectivity index (χ1) is 23.4. The minimum absolute atomic E-state index is 0.0768. The zero-order valence-corrected chi connectivity index (χ0v) is 28.2. The van der Waals surface area contributed by atoms with Crippen LogP contribution in [-0.2, 0) is 38.8 Å². The first-order valence-electron chi connectivity index (χ1n) is 16.0. The first kappa shape index (κ1) is 35.9. The Labute approximate surface area is 289 Å². The maximum Gasteiger partial charge on any atom is 0.416 e.